The minimum Gasteiger partial charge on any atom is -0.496 e. The van der Waals surface area contributed by atoms with Crippen LogP contribution in [0.5, 0.6) is 5.75 Å². The van der Waals surface area contributed by atoms with Gasteiger partial charge in [0.1, 0.15) is 11.2 Å². The second-order valence-electron chi connectivity index (χ2n) is 5.83. The average Bonchev–Trinajstić information content (AvgIpc) is 3.31. The lowest BCUT2D eigenvalue weighted by atomic mass is 9.89. The van der Waals surface area contributed by atoms with Crippen LogP contribution < -0.4 is 4.74 Å². The molecule has 1 aliphatic rings. The van der Waals surface area contributed by atoms with E-state index >= 15 is 0 Å². The molecule has 0 bridgehead atoms. The maximum Gasteiger partial charge on any atom is 0.317 e. The number of aryl methyl sites for hydroxylation is 1. The number of carbonyl (C=O) groups is 1. The second kappa shape index (κ2) is 5.48. The Bertz CT molecular complexity index is 693. The Labute approximate surface area is 130 Å². The molecule has 2 aromatic carbocycles. The summed E-state index contributed by atoms with van der Waals surface area (Å²) in [6.07, 6.45) is 0.753. The third-order valence-corrected chi connectivity index (χ3v) is 4.55. The lowest BCUT2D eigenvalue weighted by Crippen LogP contribution is -2.25. The highest BCUT2D eigenvalue weighted by molar-refractivity contribution is 5.90. The standard InChI is InChI=1S/C19H20O3/c1-13-9-10-17(21-2)15(11-13)19(18(20)22-3)12-16(19)14-7-5-4-6-8-14/h4-11,16H,12H2,1-3H3. The maximum absolute atomic E-state index is 12.6. The molecule has 2 aromatic rings. The number of rotatable bonds is 4. The fourth-order valence-corrected chi connectivity index (χ4v) is 3.34. The fourth-order valence-electron chi connectivity index (χ4n) is 3.34. The van der Waals surface area contributed by atoms with Gasteiger partial charge >= 0.3 is 5.97 Å². The van der Waals surface area contributed by atoms with Gasteiger partial charge in [-0.2, -0.15) is 0 Å². The van der Waals surface area contributed by atoms with E-state index in [-0.39, 0.29) is 11.9 Å². The SMILES string of the molecule is COC(=O)C1(c2cc(C)ccc2OC)CC1c1ccccc1. The van der Waals surface area contributed by atoms with Crippen LogP contribution in [0.1, 0.15) is 29.0 Å². The van der Waals surface area contributed by atoms with E-state index < -0.39 is 5.41 Å². The van der Waals surface area contributed by atoms with Gasteiger partial charge < -0.3 is 9.47 Å². The maximum atomic E-state index is 12.6. The minimum atomic E-state index is -0.631. The third-order valence-electron chi connectivity index (χ3n) is 4.55. The molecule has 3 nitrogen and oxygen atoms in total. The summed E-state index contributed by atoms with van der Waals surface area (Å²) in [6, 6.07) is 16.1. The van der Waals surface area contributed by atoms with E-state index in [0.29, 0.717) is 0 Å². The third kappa shape index (κ3) is 2.17. The number of esters is 1. The van der Waals surface area contributed by atoms with Crippen LogP contribution in [0, 0.1) is 6.92 Å². The van der Waals surface area contributed by atoms with Gasteiger partial charge in [-0.15, -0.1) is 0 Å². The normalized spacial score (nSPS) is 23.0. The molecule has 0 N–H and O–H groups in total. The van der Waals surface area contributed by atoms with Crippen LogP contribution in [0.25, 0.3) is 0 Å². The zero-order valence-corrected chi connectivity index (χ0v) is 13.1. The molecule has 0 aromatic heterocycles. The number of hydrogen-bond acceptors (Lipinski definition) is 3. The van der Waals surface area contributed by atoms with Gasteiger partial charge in [-0.1, -0.05) is 48.0 Å². The van der Waals surface area contributed by atoms with E-state index in [2.05, 4.69) is 12.1 Å². The molecule has 3 rings (SSSR count). The van der Waals surface area contributed by atoms with E-state index in [1.165, 1.54) is 7.11 Å². The summed E-state index contributed by atoms with van der Waals surface area (Å²) in [5.41, 5.74) is 2.57. The van der Waals surface area contributed by atoms with Crippen LogP contribution in [0.3, 0.4) is 0 Å². The first kappa shape index (κ1) is 14.6. The van der Waals surface area contributed by atoms with Gasteiger partial charge in [0.25, 0.3) is 0 Å². The summed E-state index contributed by atoms with van der Waals surface area (Å²) >= 11 is 0. The molecule has 0 radical (unpaired) electrons. The van der Waals surface area contributed by atoms with E-state index in [0.717, 1.165) is 28.9 Å². The molecule has 114 valence electrons. The first-order chi connectivity index (χ1) is 10.6. The summed E-state index contributed by atoms with van der Waals surface area (Å²) in [6.45, 7) is 2.02. The summed E-state index contributed by atoms with van der Waals surface area (Å²) in [7, 11) is 3.09. The first-order valence-corrected chi connectivity index (χ1v) is 7.42. The summed E-state index contributed by atoms with van der Waals surface area (Å²) in [5.74, 6) is 0.691. The molecule has 0 saturated heterocycles. The first-order valence-electron chi connectivity index (χ1n) is 7.42. The topological polar surface area (TPSA) is 35.5 Å². The zero-order valence-electron chi connectivity index (χ0n) is 13.1. The predicted octanol–water partition coefficient (Wildman–Crippen LogP) is 3.60. The second-order valence-corrected chi connectivity index (χ2v) is 5.83. The largest absolute Gasteiger partial charge is 0.496 e. The average molecular weight is 296 g/mol. The molecule has 1 fully saturated rings. The molecule has 22 heavy (non-hydrogen) atoms. The zero-order chi connectivity index (χ0) is 15.7. The van der Waals surface area contributed by atoms with E-state index in [1.54, 1.807) is 7.11 Å². The quantitative estimate of drug-likeness (QED) is 0.809. The van der Waals surface area contributed by atoms with Crippen LogP contribution in [-0.4, -0.2) is 20.2 Å². The van der Waals surface area contributed by atoms with Gasteiger partial charge in [0.05, 0.1) is 14.2 Å². The number of hydrogen-bond donors (Lipinski definition) is 0. The molecule has 0 amide bonds. The lowest BCUT2D eigenvalue weighted by molar-refractivity contribution is -0.143. The van der Waals surface area contributed by atoms with Crippen LogP contribution in [0.4, 0.5) is 0 Å². The van der Waals surface area contributed by atoms with Crippen molar-refractivity contribution in [1.29, 1.82) is 0 Å². The molecule has 2 unspecified atom stereocenters. The summed E-state index contributed by atoms with van der Waals surface area (Å²) < 4.78 is 10.6. The lowest BCUT2D eigenvalue weighted by Gasteiger charge is -2.19. The van der Waals surface area contributed by atoms with Gasteiger partial charge in [0, 0.05) is 11.5 Å². The van der Waals surface area contributed by atoms with E-state index in [9.17, 15) is 4.79 Å². The van der Waals surface area contributed by atoms with Crippen LogP contribution in [-0.2, 0) is 14.9 Å². The number of ether oxygens (including phenoxy) is 2. The van der Waals surface area contributed by atoms with Gasteiger partial charge in [-0.05, 0) is 25.0 Å². The van der Waals surface area contributed by atoms with Crippen molar-refractivity contribution < 1.29 is 14.3 Å². The monoisotopic (exact) mass is 296 g/mol. The summed E-state index contributed by atoms with van der Waals surface area (Å²) in [5, 5.41) is 0. The molecule has 2 atom stereocenters. The highest BCUT2D eigenvalue weighted by atomic mass is 16.5. The van der Waals surface area contributed by atoms with Crippen molar-refractivity contribution in [3.63, 3.8) is 0 Å². The predicted molar refractivity (Wildman–Crippen MR) is 85.2 cm³/mol. The Hall–Kier alpha value is -2.29. The smallest absolute Gasteiger partial charge is 0.317 e. The van der Waals surface area contributed by atoms with Crippen LogP contribution in [0.2, 0.25) is 0 Å². The molecular weight excluding hydrogens is 276 g/mol. The van der Waals surface area contributed by atoms with Crippen molar-refractivity contribution in [2.24, 2.45) is 0 Å². The Morgan fingerprint density at radius 2 is 1.86 bits per heavy atom. The molecule has 3 heteroatoms. The number of carbonyl (C=O) groups excluding carboxylic acids is 1. The number of methoxy groups -OCH3 is 2. The van der Waals surface area contributed by atoms with Crippen molar-refractivity contribution in [3.05, 3.63) is 65.2 Å². The molecular formula is C19H20O3. The minimum absolute atomic E-state index is 0.136. The van der Waals surface area contributed by atoms with Crippen molar-refractivity contribution in [2.45, 2.75) is 24.7 Å². The van der Waals surface area contributed by atoms with Crippen molar-refractivity contribution in [3.8, 4) is 5.75 Å². The van der Waals surface area contributed by atoms with E-state index in [4.69, 9.17) is 9.47 Å². The molecule has 1 aliphatic carbocycles. The fraction of sp³-hybridized carbons (Fsp3) is 0.316. The van der Waals surface area contributed by atoms with Crippen molar-refractivity contribution in [2.75, 3.05) is 14.2 Å². The Kier molecular flexibility index (Phi) is 3.65. The Morgan fingerprint density at radius 3 is 2.50 bits per heavy atom. The van der Waals surface area contributed by atoms with E-state index in [1.807, 2.05) is 43.3 Å². The Balaban J connectivity index is 2.11. The molecule has 0 spiro atoms. The molecule has 1 saturated carbocycles. The van der Waals surface area contributed by atoms with Crippen molar-refractivity contribution >= 4 is 5.97 Å². The number of benzene rings is 2. The van der Waals surface area contributed by atoms with Crippen LogP contribution >= 0.6 is 0 Å². The van der Waals surface area contributed by atoms with Crippen molar-refractivity contribution in [1.82, 2.24) is 0 Å². The van der Waals surface area contributed by atoms with Gasteiger partial charge in [-0.3, -0.25) is 4.79 Å². The van der Waals surface area contributed by atoms with Gasteiger partial charge in [0.2, 0.25) is 0 Å². The summed E-state index contributed by atoms with van der Waals surface area (Å²) in [4.78, 5) is 12.6. The molecule has 0 aliphatic heterocycles. The van der Waals surface area contributed by atoms with Gasteiger partial charge in [-0.25, -0.2) is 0 Å². The molecule has 0 heterocycles. The van der Waals surface area contributed by atoms with Crippen LogP contribution in [0.15, 0.2) is 48.5 Å². The van der Waals surface area contributed by atoms with Gasteiger partial charge in [0.15, 0.2) is 0 Å². The highest BCUT2D eigenvalue weighted by Crippen LogP contribution is 2.63. The highest BCUT2D eigenvalue weighted by Gasteiger charge is 2.63. The Morgan fingerprint density at radius 1 is 1.14 bits per heavy atom.